The molecule has 1 saturated heterocycles. The Bertz CT molecular complexity index is 2080. The van der Waals surface area contributed by atoms with Crippen molar-refractivity contribution in [3.8, 4) is 29.1 Å². The summed E-state index contributed by atoms with van der Waals surface area (Å²) >= 11 is 0. The minimum absolute atomic E-state index is 0.0123. The van der Waals surface area contributed by atoms with Crippen LogP contribution in [-0.2, 0) is 20.6 Å². The molecule has 7 rings (SSSR count). The molecule has 0 aliphatic carbocycles. The Labute approximate surface area is 266 Å². The van der Waals surface area contributed by atoms with Crippen LogP contribution in [-0.4, -0.2) is 71.8 Å². The predicted octanol–water partition coefficient (Wildman–Crippen LogP) is 3.53. The fourth-order valence-corrected chi connectivity index (χ4v) is 6.61. The molecule has 6 heterocycles. The average molecular weight is 620 g/mol. The highest BCUT2D eigenvalue weighted by atomic mass is 16.5. The number of amides is 2. The third kappa shape index (κ3) is 5.06. The van der Waals surface area contributed by atoms with E-state index >= 15 is 0 Å². The number of methoxy groups -OCH3 is 1. The second kappa shape index (κ2) is 11.7. The highest BCUT2D eigenvalue weighted by molar-refractivity contribution is 6.00. The van der Waals surface area contributed by atoms with Crippen LogP contribution in [0, 0.1) is 11.8 Å². The van der Waals surface area contributed by atoms with Crippen LogP contribution in [0.5, 0.6) is 5.75 Å². The highest BCUT2D eigenvalue weighted by Gasteiger charge is 2.26. The number of aryl methyl sites for hydroxylation is 3. The molecule has 12 heteroatoms. The monoisotopic (exact) mass is 619 g/mol. The number of benzene rings is 1. The van der Waals surface area contributed by atoms with E-state index in [0.717, 1.165) is 53.0 Å². The first-order valence-electron chi connectivity index (χ1n) is 15.6. The zero-order chi connectivity index (χ0) is 32.1. The predicted molar refractivity (Wildman–Crippen MR) is 174 cm³/mol. The summed E-state index contributed by atoms with van der Waals surface area (Å²) in [4.78, 5) is 38.7. The smallest absolute Gasteiger partial charge is 0.271 e. The number of likely N-dealkylation sites (tertiary alicyclic amines) is 1. The van der Waals surface area contributed by atoms with Crippen LogP contribution in [0.15, 0.2) is 36.5 Å². The zero-order valence-corrected chi connectivity index (χ0v) is 26.5. The Morgan fingerprint density at radius 1 is 1.13 bits per heavy atom. The van der Waals surface area contributed by atoms with E-state index in [0.29, 0.717) is 54.1 Å². The van der Waals surface area contributed by atoms with E-state index in [-0.39, 0.29) is 23.9 Å². The van der Waals surface area contributed by atoms with Crippen LogP contribution in [0.1, 0.15) is 70.8 Å². The quantitative estimate of drug-likeness (QED) is 0.295. The molecule has 12 nitrogen and oxygen atoms in total. The van der Waals surface area contributed by atoms with Gasteiger partial charge in [0.2, 0.25) is 0 Å². The van der Waals surface area contributed by atoms with Gasteiger partial charge < -0.3 is 29.8 Å². The number of hydrogen-bond acceptors (Lipinski definition) is 7. The van der Waals surface area contributed by atoms with Gasteiger partial charge >= 0.3 is 0 Å². The van der Waals surface area contributed by atoms with Crippen LogP contribution in [0.2, 0.25) is 0 Å². The van der Waals surface area contributed by atoms with E-state index in [9.17, 15) is 9.59 Å². The molecule has 236 valence electrons. The lowest BCUT2D eigenvalue weighted by Crippen LogP contribution is -2.45. The van der Waals surface area contributed by atoms with Gasteiger partial charge in [0.05, 0.1) is 41.8 Å². The molecule has 3 N–H and O–H groups in total. The van der Waals surface area contributed by atoms with Crippen LogP contribution >= 0.6 is 0 Å². The molecule has 0 unspecified atom stereocenters. The summed E-state index contributed by atoms with van der Waals surface area (Å²) in [7, 11) is 5.31. The van der Waals surface area contributed by atoms with Crippen molar-refractivity contribution in [3.05, 3.63) is 59.0 Å². The molecule has 2 atom stereocenters. The van der Waals surface area contributed by atoms with Gasteiger partial charge in [-0.15, -0.1) is 0 Å². The third-order valence-electron chi connectivity index (χ3n) is 8.99. The lowest BCUT2D eigenvalue weighted by Gasteiger charge is -2.30. The van der Waals surface area contributed by atoms with Gasteiger partial charge in [-0.25, -0.2) is 9.97 Å². The Kier molecular flexibility index (Phi) is 7.49. The lowest BCUT2D eigenvalue weighted by atomic mass is 10.0. The van der Waals surface area contributed by atoms with E-state index in [2.05, 4.69) is 32.9 Å². The Morgan fingerprint density at radius 2 is 1.98 bits per heavy atom. The summed E-state index contributed by atoms with van der Waals surface area (Å²) in [5.41, 5.74) is 11.6. The van der Waals surface area contributed by atoms with Crippen molar-refractivity contribution in [1.29, 1.82) is 0 Å². The summed E-state index contributed by atoms with van der Waals surface area (Å²) in [6, 6.07) is 9.35. The number of pyridine rings is 1. The van der Waals surface area contributed by atoms with Gasteiger partial charge in [-0.2, -0.15) is 5.10 Å². The van der Waals surface area contributed by atoms with E-state index in [4.69, 9.17) is 20.4 Å². The Hall–Kier alpha value is -5.15. The van der Waals surface area contributed by atoms with Crippen LogP contribution < -0.4 is 15.8 Å². The molecule has 1 fully saturated rings. The topological polar surface area (TPSA) is 138 Å². The average Bonchev–Trinajstić information content (AvgIpc) is 3.71. The molecule has 2 aliphatic rings. The Morgan fingerprint density at radius 3 is 2.78 bits per heavy atom. The number of nitrogens with zero attached hydrogens (tertiary/aromatic N) is 7. The number of carbonyl (C=O) groups excluding carboxylic acids is 2. The molecule has 5 aromatic rings. The van der Waals surface area contributed by atoms with E-state index in [1.54, 1.807) is 31.1 Å². The minimum Gasteiger partial charge on any atom is -0.494 e. The van der Waals surface area contributed by atoms with Crippen molar-refractivity contribution in [2.75, 3.05) is 20.2 Å². The number of piperidine rings is 1. The van der Waals surface area contributed by atoms with Gasteiger partial charge in [0, 0.05) is 57.1 Å². The molecule has 0 radical (unpaired) electrons. The maximum atomic E-state index is 13.5. The largest absolute Gasteiger partial charge is 0.494 e. The van der Waals surface area contributed by atoms with Crippen molar-refractivity contribution in [2.24, 2.45) is 19.8 Å². The van der Waals surface area contributed by atoms with Crippen molar-refractivity contribution in [2.45, 2.75) is 51.2 Å². The molecule has 0 spiro atoms. The number of rotatable bonds is 3. The fourth-order valence-electron chi connectivity index (χ4n) is 6.61. The standard InChI is InChI=1S/C34H37N9O3/c1-20-25-12-11-21-16-27(43(31(21)38-25)14-7-5-6-9-22-18-36-41(3)29(22)33(44)37-20)32-39-26-15-23(17-28(46-4)30(26)40(32)2)34(45)42-13-8-10-24(35)19-42/h11-12,15-18,20,24H,5,7-8,10,13-14,19,35H2,1-4H3,(H,37,44)/t20-,24-/m1/s1. The van der Waals surface area contributed by atoms with Gasteiger partial charge in [0.25, 0.3) is 11.8 Å². The maximum absolute atomic E-state index is 13.5. The number of hydrogen-bond donors (Lipinski definition) is 2. The maximum Gasteiger partial charge on any atom is 0.271 e. The van der Waals surface area contributed by atoms with Crippen molar-refractivity contribution < 1.29 is 14.3 Å². The number of ether oxygens (including phenoxy) is 1. The lowest BCUT2D eigenvalue weighted by molar-refractivity contribution is 0.0708. The highest BCUT2D eigenvalue weighted by Crippen LogP contribution is 2.35. The summed E-state index contributed by atoms with van der Waals surface area (Å²) < 4.78 is 11.5. The molecule has 2 bridgehead atoms. The summed E-state index contributed by atoms with van der Waals surface area (Å²) in [6.45, 7) is 3.80. The van der Waals surface area contributed by atoms with Crippen LogP contribution in [0.3, 0.4) is 0 Å². The van der Waals surface area contributed by atoms with Crippen LogP contribution in [0.4, 0.5) is 0 Å². The number of carbonyl (C=O) groups is 2. The summed E-state index contributed by atoms with van der Waals surface area (Å²) in [5.74, 6) is 7.37. The van der Waals surface area contributed by atoms with Gasteiger partial charge in [-0.1, -0.05) is 11.8 Å². The number of nitrogens with two attached hydrogens (primary N) is 1. The van der Waals surface area contributed by atoms with Crippen molar-refractivity contribution in [1.82, 2.24) is 39.1 Å². The van der Waals surface area contributed by atoms with Gasteiger partial charge in [-0.05, 0) is 56.5 Å². The normalized spacial score (nSPS) is 18.6. The van der Waals surface area contributed by atoms with E-state index < -0.39 is 0 Å². The van der Waals surface area contributed by atoms with Gasteiger partial charge in [0.15, 0.2) is 5.82 Å². The Balaban J connectivity index is 1.32. The molecule has 2 amide bonds. The number of aromatic nitrogens is 6. The fraction of sp³-hybridized carbons (Fsp3) is 0.382. The zero-order valence-electron chi connectivity index (χ0n) is 26.5. The van der Waals surface area contributed by atoms with E-state index in [1.807, 2.05) is 41.6 Å². The van der Waals surface area contributed by atoms with Crippen molar-refractivity contribution >= 4 is 33.9 Å². The minimum atomic E-state index is -0.354. The molecular weight excluding hydrogens is 582 g/mol. The second-order valence-electron chi connectivity index (χ2n) is 12.2. The number of imidazole rings is 1. The molecule has 2 aliphatic heterocycles. The number of fused-ring (bicyclic) bond motifs is 3. The van der Waals surface area contributed by atoms with Gasteiger partial charge in [0.1, 0.15) is 22.6 Å². The first-order valence-corrected chi connectivity index (χ1v) is 15.6. The molecule has 46 heavy (non-hydrogen) atoms. The summed E-state index contributed by atoms with van der Waals surface area (Å²) in [5, 5.41) is 8.29. The first kappa shape index (κ1) is 29.6. The number of nitrogens with one attached hydrogen (secondary N) is 1. The van der Waals surface area contributed by atoms with Crippen molar-refractivity contribution in [3.63, 3.8) is 0 Å². The van der Waals surface area contributed by atoms with Gasteiger partial charge in [-0.3, -0.25) is 14.3 Å². The molecule has 0 saturated carbocycles. The molecule has 4 aromatic heterocycles. The van der Waals surface area contributed by atoms with E-state index in [1.165, 1.54) is 0 Å². The van der Waals surface area contributed by atoms with Crippen LogP contribution in [0.25, 0.3) is 33.6 Å². The third-order valence-corrected chi connectivity index (χ3v) is 8.99. The first-order chi connectivity index (χ1) is 22.2. The molecule has 1 aromatic carbocycles. The second-order valence-corrected chi connectivity index (χ2v) is 12.2. The molecular formula is C34H37N9O3. The summed E-state index contributed by atoms with van der Waals surface area (Å²) in [6.07, 6.45) is 4.82. The SMILES string of the molecule is COc1cc(C(=O)N2CCC[C@@H](N)C2)cc2nc(-c3cc4ccc5nc4n3CCCC#Cc3cnn(C)c3C(=O)N[C@@H]5C)n(C)c12.